The van der Waals surface area contributed by atoms with Crippen LogP contribution in [0.25, 0.3) is 11.1 Å². The Hall–Kier alpha value is -2.32. The Kier molecular flexibility index (Phi) is 4.17. The smallest absolute Gasteiger partial charge is 0.0630 e. The number of thiol groups is 1. The van der Waals surface area contributed by atoms with E-state index < -0.39 is 0 Å². The summed E-state index contributed by atoms with van der Waals surface area (Å²) in [5, 5.41) is 0. The first kappa shape index (κ1) is 13.7. The van der Waals surface area contributed by atoms with Crippen molar-refractivity contribution >= 4 is 24.5 Å². The molecule has 2 heteroatoms. The largest absolute Gasteiger partial charge is 0.256 e. The summed E-state index contributed by atoms with van der Waals surface area (Å²) in [6.07, 6.45) is 1.88. The third-order valence-corrected chi connectivity index (χ3v) is 3.53. The summed E-state index contributed by atoms with van der Waals surface area (Å²) < 4.78 is 0. The van der Waals surface area contributed by atoms with E-state index in [2.05, 4.69) is 66.2 Å². The van der Waals surface area contributed by atoms with Gasteiger partial charge in [-0.25, -0.2) is 0 Å². The first-order valence-corrected chi connectivity index (χ1v) is 7.24. The zero-order chi connectivity index (χ0) is 14.5. The highest BCUT2D eigenvalue weighted by Gasteiger charge is 1.96. The Morgan fingerprint density at radius 2 is 1.29 bits per heavy atom. The number of rotatable bonds is 3. The van der Waals surface area contributed by atoms with Crippen molar-refractivity contribution in [2.75, 3.05) is 0 Å². The predicted octanol–water partition coefficient (Wildman–Crippen LogP) is 5.39. The molecule has 0 atom stereocenters. The van der Waals surface area contributed by atoms with Gasteiger partial charge in [0.05, 0.1) is 5.69 Å². The second kappa shape index (κ2) is 6.42. The van der Waals surface area contributed by atoms with E-state index in [0.717, 1.165) is 16.1 Å². The molecule has 21 heavy (non-hydrogen) atoms. The molecule has 0 radical (unpaired) electrons. The summed E-state index contributed by atoms with van der Waals surface area (Å²) in [7, 11) is 0. The third-order valence-electron chi connectivity index (χ3n) is 3.23. The van der Waals surface area contributed by atoms with Crippen molar-refractivity contribution in [2.45, 2.75) is 4.90 Å². The lowest BCUT2D eigenvalue weighted by molar-refractivity contribution is 1.43. The summed E-state index contributed by atoms with van der Waals surface area (Å²) in [6, 6.07) is 26.5. The third kappa shape index (κ3) is 3.61. The molecule has 0 spiro atoms. The highest BCUT2D eigenvalue weighted by Crippen LogP contribution is 2.19. The summed E-state index contributed by atoms with van der Waals surface area (Å²) >= 11 is 4.26. The molecule has 0 aliphatic heterocycles. The maximum absolute atomic E-state index is 4.46. The minimum atomic E-state index is 0.930. The predicted molar refractivity (Wildman–Crippen MR) is 92.8 cm³/mol. The SMILES string of the molecule is Sc1ccc(N=Cc2ccc(-c3ccccc3)cc2)cc1. The van der Waals surface area contributed by atoms with Gasteiger partial charge in [-0.15, -0.1) is 12.6 Å². The van der Waals surface area contributed by atoms with Crippen LogP contribution in [0.2, 0.25) is 0 Å². The van der Waals surface area contributed by atoms with Gasteiger partial charge in [-0.05, 0) is 41.0 Å². The van der Waals surface area contributed by atoms with Gasteiger partial charge in [0.15, 0.2) is 0 Å². The average Bonchev–Trinajstić information content (AvgIpc) is 2.56. The molecule has 0 unspecified atom stereocenters. The molecule has 0 aliphatic rings. The first-order chi connectivity index (χ1) is 10.3. The molecule has 102 valence electrons. The van der Waals surface area contributed by atoms with E-state index in [1.807, 2.05) is 36.5 Å². The van der Waals surface area contributed by atoms with Crippen molar-refractivity contribution in [3.05, 3.63) is 84.4 Å². The summed E-state index contributed by atoms with van der Waals surface area (Å²) in [6.45, 7) is 0. The van der Waals surface area contributed by atoms with Gasteiger partial charge in [0.2, 0.25) is 0 Å². The molecule has 3 aromatic rings. The van der Waals surface area contributed by atoms with Gasteiger partial charge in [-0.1, -0.05) is 54.6 Å². The Morgan fingerprint density at radius 1 is 0.667 bits per heavy atom. The molecule has 0 N–H and O–H groups in total. The Morgan fingerprint density at radius 3 is 1.95 bits per heavy atom. The highest BCUT2D eigenvalue weighted by atomic mass is 32.1. The topological polar surface area (TPSA) is 12.4 Å². The monoisotopic (exact) mass is 289 g/mol. The minimum Gasteiger partial charge on any atom is -0.256 e. The molecule has 3 rings (SSSR count). The molecular formula is C19H15NS. The zero-order valence-corrected chi connectivity index (χ0v) is 12.4. The lowest BCUT2D eigenvalue weighted by Crippen LogP contribution is -1.82. The summed E-state index contributed by atoms with van der Waals surface area (Å²) in [5.74, 6) is 0. The Bertz CT molecular complexity index is 729. The van der Waals surface area contributed by atoms with E-state index in [4.69, 9.17) is 0 Å². The van der Waals surface area contributed by atoms with E-state index in [1.165, 1.54) is 11.1 Å². The normalized spacial score (nSPS) is 10.9. The van der Waals surface area contributed by atoms with Crippen molar-refractivity contribution < 1.29 is 0 Å². The second-order valence-corrected chi connectivity index (χ2v) is 5.28. The fourth-order valence-electron chi connectivity index (χ4n) is 2.08. The van der Waals surface area contributed by atoms with Crippen LogP contribution in [0.3, 0.4) is 0 Å². The van der Waals surface area contributed by atoms with E-state index in [0.29, 0.717) is 0 Å². The Balaban J connectivity index is 1.77. The highest BCUT2D eigenvalue weighted by molar-refractivity contribution is 7.80. The van der Waals surface area contributed by atoms with Gasteiger partial charge in [0.25, 0.3) is 0 Å². The van der Waals surface area contributed by atoms with Gasteiger partial charge < -0.3 is 0 Å². The van der Waals surface area contributed by atoms with Crippen LogP contribution < -0.4 is 0 Å². The van der Waals surface area contributed by atoms with Crippen LogP contribution in [0.1, 0.15) is 5.56 Å². The van der Waals surface area contributed by atoms with Crippen LogP contribution in [0.15, 0.2) is 88.8 Å². The zero-order valence-electron chi connectivity index (χ0n) is 11.5. The molecule has 0 saturated carbocycles. The second-order valence-electron chi connectivity index (χ2n) is 4.76. The van der Waals surface area contributed by atoms with Crippen molar-refractivity contribution in [3.8, 4) is 11.1 Å². The summed E-state index contributed by atoms with van der Waals surface area (Å²) in [5.41, 5.74) is 4.46. The molecule has 0 fully saturated rings. The molecule has 0 aromatic heterocycles. The van der Waals surface area contributed by atoms with Gasteiger partial charge >= 0.3 is 0 Å². The van der Waals surface area contributed by atoms with E-state index >= 15 is 0 Å². The Labute approximate surface area is 130 Å². The molecule has 0 saturated heterocycles. The molecule has 3 aromatic carbocycles. The number of benzene rings is 3. The van der Waals surface area contributed by atoms with Crippen LogP contribution >= 0.6 is 12.6 Å². The van der Waals surface area contributed by atoms with Crippen molar-refractivity contribution in [1.29, 1.82) is 0 Å². The number of nitrogens with zero attached hydrogens (tertiary/aromatic N) is 1. The van der Waals surface area contributed by atoms with Crippen LogP contribution in [0.4, 0.5) is 5.69 Å². The maximum Gasteiger partial charge on any atom is 0.0630 e. The average molecular weight is 289 g/mol. The molecule has 0 bridgehead atoms. The van der Waals surface area contributed by atoms with Crippen LogP contribution in [0, 0.1) is 0 Å². The van der Waals surface area contributed by atoms with E-state index in [1.54, 1.807) is 0 Å². The standard InChI is InChI=1S/C19H15NS/c21-19-12-10-18(11-13-19)20-14-15-6-8-17(9-7-15)16-4-2-1-3-5-16/h1-14,21H. The van der Waals surface area contributed by atoms with Gasteiger partial charge in [-0.3, -0.25) is 4.99 Å². The first-order valence-electron chi connectivity index (χ1n) is 6.80. The van der Waals surface area contributed by atoms with Crippen molar-refractivity contribution in [2.24, 2.45) is 4.99 Å². The van der Waals surface area contributed by atoms with E-state index in [-0.39, 0.29) is 0 Å². The van der Waals surface area contributed by atoms with Crippen LogP contribution in [0.5, 0.6) is 0 Å². The molecule has 0 amide bonds. The summed E-state index contributed by atoms with van der Waals surface area (Å²) in [4.78, 5) is 5.41. The van der Waals surface area contributed by atoms with Gasteiger partial charge in [0, 0.05) is 11.1 Å². The fraction of sp³-hybridized carbons (Fsp3) is 0. The molecular weight excluding hydrogens is 274 g/mol. The van der Waals surface area contributed by atoms with Crippen LogP contribution in [-0.2, 0) is 0 Å². The number of hydrogen-bond acceptors (Lipinski definition) is 2. The van der Waals surface area contributed by atoms with Gasteiger partial charge in [-0.2, -0.15) is 0 Å². The lowest BCUT2D eigenvalue weighted by Gasteiger charge is -2.01. The molecule has 1 nitrogen and oxygen atoms in total. The molecule has 0 heterocycles. The molecule has 0 aliphatic carbocycles. The number of hydrogen-bond donors (Lipinski definition) is 1. The fourth-order valence-corrected chi connectivity index (χ4v) is 2.23. The minimum absolute atomic E-state index is 0.930. The van der Waals surface area contributed by atoms with Crippen molar-refractivity contribution in [1.82, 2.24) is 0 Å². The maximum atomic E-state index is 4.46. The van der Waals surface area contributed by atoms with E-state index in [9.17, 15) is 0 Å². The van der Waals surface area contributed by atoms with Gasteiger partial charge in [0.1, 0.15) is 0 Å². The lowest BCUT2D eigenvalue weighted by atomic mass is 10.0. The van der Waals surface area contributed by atoms with Crippen molar-refractivity contribution in [3.63, 3.8) is 0 Å². The van der Waals surface area contributed by atoms with Crippen LogP contribution in [-0.4, -0.2) is 6.21 Å². The quantitative estimate of drug-likeness (QED) is 0.490. The number of aliphatic imine (C=N–C) groups is 1.